The standard InChI is InChI=1S/C17H22N2O2/c1-4-9-18-15(20)8-7-14-10-13-6-5-11(2)12(3)16(13)19-17(14)21/h5-6,10H,4,7-9H2,1-3H3,(H,18,20)(H,19,21). The molecule has 112 valence electrons. The average molecular weight is 286 g/mol. The number of nitrogens with one attached hydrogen (secondary N) is 2. The van der Waals surface area contributed by atoms with Crippen LogP contribution in [0.3, 0.4) is 0 Å². The maximum absolute atomic E-state index is 12.1. The van der Waals surface area contributed by atoms with E-state index in [1.165, 1.54) is 0 Å². The second-order valence-corrected chi connectivity index (χ2v) is 5.45. The van der Waals surface area contributed by atoms with Crippen LogP contribution >= 0.6 is 0 Å². The van der Waals surface area contributed by atoms with Gasteiger partial charge in [0.25, 0.3) is 5.56 Å². The molecular formula is C17H22N2O2. The smallest absolute Gasteiger partial charge is 0.251 e. The van der Waals surface area contributed by atoms with Gasteiger partial charge >= 0.3 is 0 Å². The number of aromatic nitrogens is 1. The van der Waals surface area contributed by atoms with Crippen LogP contribution in [0.2, 0.25) is 0 Å². The maximum atomic E-state index is 12.1. The zero-order valence-corrected chi connectivity index (χ0v) is 12.9. The van der Waals surface area contributed by atoms with E-state index in [-0.39, 0.29) is 11.5 Å². The fourth-order valence-corrected chi connectivity index (χ4v) is 2.36. The molecule has 2 rings (SSSR count). The van der Waals surface area contributed by atoms with Gasteiger partial charge in [-0.3, -0.25) is 9.59 Å². The number of carbonyl (C=O) groups excluding carboxylic acids is 1. The quantitative estimate of drug-likeness (QED) is 0.887. The van der Waals surface area contributed by atoms with Gasteiger partial charge in [-0.1, -0.05) is 19.1 Å². The van der Waals surface area contributed by atoms with Crippen LogP contribution in [0.1, 0.15) is 36.5 Å². The summed E-state index contributed by atoms with van der Waals surface area (Å²) in [5, 5.41) is 3.84. The predicted octanol–water partition coefficient (Wildman–Crippen LogP) is 2.60. The topological polar surface area (TPSA) is 62.0 Å². The molecule has 0 saturated heterocycles. The molecule has 1 amide bonds. The average Bonchev–Trinajstić information content (AvgIpc) is 2.47. The molecule has 4 heteroatoms. The normalized spacial score (nSPS) is 10.8. The number of amides is 1. The van der Waals surface area contributed by atoms with E-state index in [9.17, 15) is 9.59 Å². The number of benzene rings is 1. The predicted molar refractivity (Wildman–Crippen MR) is 85.7 cm³/mol. The fourth-order valence-electron chi connectivity index (χ4n) is 2.36. The number of pyridine rings is 1. The second-order valence-electron chi connectivity index (χ2n) is 5.45. The summed E-state index contributed by atoms with van der Waals surface area (Å²) in [6, 6.07) is 5.95. The lowest BCUT2D eigenvalue weighted by Gasteiger charge is -2.08. The van der Waals surface area contributed by atoms with Crippen LogP contribution in [0.25, 0.3) is 10.9 Å². The summed E-state index contributed by atoms with van der Waals surface area (Å²) >= 11 is 0. The monoisotopic (exact) mass is 286 g/mol. The first-order valence-electron chi connectivity index (χ1n) is 7.41. The van der Waals surface area contributed by atoms with Gasteiger partial charge in [-0.25, -0.2) is 0 Å². The first kappa shape index (κ1) is 15.3. The number of carbonyl (C=O) groups is 1. The Morgan fingerprint density at radius 2 is 2.05 bits per heavy atom. The molecule has 0 aliphatic heterocycles. The molecule has 1 aromatic heterocycles. The third-order valence-electron chi connectivity index (χ3n) is 3.82. The molecular weight excluding hydrogens is 264 g/mol. The van der Waals surface area contributed by atoms with E-state index in [4.69, 9.17) is 0 Å². The van der Waals surface area contributed by atoms with Crippen molar-refractivity contribution in [3.05, 3.63) is 45.2 Å². The summed E-state index contributed by atoms with van der Waals surface area (Å²) in [7, 11) is 0. The Hall–Kier alpha value is -2.10. The number of fused-ring (bicyclic) bond motifs is 1. The van der Waals surface area contributed by atoms with Crippen molar-refractivity contribution in [2.24, 2.45) is 0 Å². The molecule has 4 nitrogen and oxygen atoms in total. The summed E-state index contributed by atoms with van der Waals surface area (Å²) in [6.07, 6.45) is 1.73. The van der Waals surface area contributed by atoms with E-state index in [1.54, 1.807) is 0 Å². The highest BCUT2D eigenvalue weighted by atomic mass is 16.1. The van der Waals surface area contributed by atoms with E-state index in [2.05, 4.69) is 10.3 Å². The van der Waals surface area contributed by atoms with Gasteiger partial charge in [0.05, 0.1) is 5.52 Å². The van der Waals surface area contributed by atoms with Crippen molar-refractivity contribution in [3.8, 4) is 0 Å². The van der Waals surface area contributed by atoms with Crippen molar-refractivity contribution in [1.29, 1.82) is 0 Å². The maximum Gasteiger partial charge on any atom is 0.251 e. The van der Waals surface area contributed by atoms with Crippen LogP contribution in [0, 0.1) is 13.8 Å². The molecule has 2 N–H and O–H groups in total. The molecule has 0 aliphatic rings. The number of hydrogen-bond acceptors (Lipinski definition) is 2. The van der Waals surface area contributed by atoms with Crippen molar-refractivity contribution in [2.75, 3.05) is 6.54 Å². The van der Waals surface area contributed by atoms with Crippen LogP contribution in [0.15, 0.2) is 23.0 Å². The fraction of sp³-hybridized carbons (Fsp3) is 0.412. The van der Waals surface area contributed by atoms with E-state index in [0.29, 0.717) is 24.9 Å². The molecule has 0 bridgehead atoms. The molecule has 0 aliphatic carbocycles. The highest BCUT2D eigenvalue weighted by molar-refractivity contribution is 5.83. The third kappa shape index (κ3) is 3.51. The van der Waals surface area contributed by atoms with Gasteiger partial charge in [0.2, 0.25) is 5.91 Å². The molecule has 0 radical (unpaired) electrons. The highest BCUT2D eigenvalue weighted by Crippen LogP contribution is 2.19. The van der Waals surface area contributed by atoms with Gasteiger partial charge in [0.15, 0.2) is 0 Å². The summed E-state index contributed by atoms with van der Waals surface area (Å²) in [4.78, 5) is 26.7. The third-order valence-corrected chi connectivity index (χ3v) is 3.82. The second kappa shape index (κ2) is 6.57. The molecule has 0 fully saturated rings. The molecule has 2 aromatic rings. The number of rotatable bonds is 5. The number of aromatic amines is 1. The van der Waals surface area contributed by atoms with Crippen molar-refractivity contribution in [2.45, 2.75) is 40.0 Å². The first-order valence-corrected chi connectivity index (χ1v) is 7.41. The Labute approximate surface area is 124 Å². The lowest BCUT2D eigenvalue weighted by molar-refractivity contribution is -0.121. The minimum absolute atomic E-state index is 0.00330. The molecule has 1 aromatic carbocycles. The zero-order chi connectivity index (χ0) is 15.4. The van der Waals surface area contributed by atoms with Crippen molar-refractivity contribution < 1.29 is 4.79 Å². The Bertz CT molecular complexity index is 717. The summed E-state index contributed by atoms with van der Waals surface area (Å²) in [5.74, 6) is -0.00330. The zero-order valence-electron chi connectivity index (χ0n) is 12.9. The lowest BCUT2D eigenvalue weighted by atomic mass is 10.0. The molecule has 0 spiro atoms. The first-order chi connectivity index (χ1) is 10.0. The van der Waals surface area contributed by atoms with Gasteiger partial charge < -0.3 is 10.3 Å². The molecule has 1 heterocycles. The van der Waals surface area contributed by atoms with E-state index in [1.807, 2.05) is 39.0 Å². The largest absolute Gasteiger partial charge is 0.356 e. The van der Waals surface area contributed by atoms with Crippen LogP contribution in [0.5, 0.6) is 0 Å². The van der Waals surface area contributed by atoms with E-state index < -0.39 is 0 Å². The number of H-pyrrole nitrogens is 1. The lowest BCUT2D eigenvalue weighted by Crippen LogP contribution is -2.25. The minimum atomic E-state index is -0.0977. The molecule has 0 saturated carbocycles. The van der Waals surface area contributed by atoms with Gasteiger partial charge in [-0.2, -0.15) is 0 Å². The van der Waals surface area contributed by atoms with Crippen molar-refractivity contribution in [3.63, 3.8) is 0 Å². The minimum Gasteiger partial charge on any atom is -0.356 e. The van der Waals surface area contributed by atoms with Crippen LogP contribution in [-0.4, -0.2) is 17.4 Å². The van der Waals surface area contributed by atoms with Gasteiger partial charge in [-0.15, -0.1) is 0 Å². The number of hydrogen-bond donors (Lipinski definition) is 2. The molecule has 21 heavy (non-hydrogen) atoms. The van der Waals surface area contributed by atoms with E-state index in [0.717, 1.165) is 28.5 Å². The Morgan fingerprint density at radius 1 is 1.29 bits per heavy atom. The SMILES string of the molecule is CCCNC(=O)CCc1cc2ccc(C)c(C)c2[nH]c1=O. The van der Waals surface area contributed by atoms with Gasteiger partial charge in [0, 0.05) is 18.5 Å². The van der Waals surface area contributed by atoms with E-state index >= 15 is 0 Å². The van der Waals surface area contributed by atoms with Gasteiger partial charge in [-0.05, 0) is 49.3 Å². The highest BCUT2D eigenvalue weighted by Gasteiger charge is 2.08. The molecule has 0 atom stereocenters. The van der Waals surface area contributed by atoms with Crippen LogP contribution < -0.4 is 10.9 Å². The van der Waals surface area contributed by atoms with Crippen LogP contribution in [0.4, 0.5) is 0 Å². The Balaban J connectivity index is 2.22. The van der Waals surface area contributed by atoms with Crippen LogP contribution in [-0.2, 0) is 11.2 Å². The van der Waals surface area contributed by atoms with Crippen molar-refractivity contribution >= 4 is 16.8 Å². The molecule has 0 unspecified atom stereocenters. The Kier molecular flexibility index (Phi) is 4.78. The summed E-state index contributed by atoms with van der Waals surface area (Å²) in [6.45, 7) is 6.73. The summed E-state index contributed by atoms with van der Waals surface area (Å²) in [5.41, 5.74) is 3.71. The van der Waals surface area contributed by atoms with Gasteiger partial charge in [0.1, 0.15) is 0 Å². The summed E-state index contributed by atoms with van der Waals surface area (Å²) < 4.78 is 0. The number of aryl methyl sites for hydroxylation is 3. The Morgan fingerprint density at radius 3 is 2.76 bits per heavy atom. The van der Waals surface area contributed by atoms with Crippen molar-refractivity contribution in [1.82, 2.24) is 10.3 Å².